The summed E-state index contributed by atoms with van der Waals surface area (Å²) >= 11 is 0. The molecule has 0 fully saturated rings. The third-order valence-corrected chi connectivity index (χ3v) is 1.09. The van der Waals surface area contributed by atoms with E-state index in [-0.39, 0.29) is 5.83 Å². The van der Waals surface area contributed by atoms with Gasteiger partial charge >= 0.3 is 0 Å². The Balaban J connectivity index is 0. The van der Waals surface area contributed by atoms with Crippen molar-refractivity contribution in [2.75, 3.05) is 14.2 Å². The van der Waals surface area contributed by atoms with E-state index < -0.39 is 0 Å². The maximum absolute atomic E-state index is 12.2. The van der Waals surface area contributed by atoms with Crippen molar-refractivity contribution in [2.45, 2.75) is 13.8 Å². The first-order chi connectivity index (χ1) is 6.72. The second kappa shape index (κ2) is 11.8. The van der Waals surface area contributed by atoms with Gasteiger partial charge in [0.05, 0.1) is 0 Å². The molecule has 14 heavy (non-hydrogen) atoms. The van der Waals surface area contributed by atoms with Crippen LogP contribution < -0.4 is 0 Å². The van der Waals surface area contributed by atoms with Gasteiger partial charge in [0.25, 0.3) is 0 Å². The summed E-state index contributed by atoms with van der Waals surface area (Å²) in [6.45, 7) is 7.16. The molecule has 0 amide bonds. The maximum Gasteiger partial charge on any atom is 0.123 e. The van der Waals surface area contributed by atoms with Crippen molar-refractivity contribution >= 4 is 5.83 Å². The summed E-state index contributed by atoms with van der Waals surface area (Å²) < 4.78 is 16.5. The molecular weight excluding hydrogens is 179 g/mol. The molecule has 0 aliphatic heterocycles. The molecule has 0 unspecified atom stereocenters. The number of ether oxygens (including phenoxy) is 1. The number of halogens is 1. The van der Waals surface area contributed by atoms with Gasteiger partial charge in [0, 0.05) is 19.8 Å². The molecule has 1 rings (SSSR count). The number of benzene rings is 1. The van der Waals surface area contributed by atoms with Crippen LogP contribution in [-0.2, 0) is 4.74 Å². The summed E-state index contributed by atoms with van der Waals surface area (Å²) in [5, 5.41) is 0. The predicted molar refractivity (Wildman–Crippen MR) is 60.9 cm³/mol. The molecule has 0 aromatic heterocycles. The molecule has 0 atom stereocenters. The molecule has 1 nitrogen and oxygen atoms in total. The highest BCUT2D eigenvalue weighted by Gasteiger charge is 1.90. The van der Waals surface area contributed by atoms with Gasteiger partial charge in [0.2, 0.25) is 0 Å². The summed E-state index contributed by atoms with van der Waals surface area (Å²) in [6, 6.07) is 8.76. The second-order valence-electron chi connectivity index (χ2n) is 2.18. The van der Waals surface area contributed by atoms with Gasteiger partial charge in [-0.15, -0.1) is 0 Å². The molecule has 80 valence electrons. The zero-order valence-electron chi connectivity index (χ0n) is 9.38. The summed E-state index contributed by atoms with van der Waals surface area (Å²) in [6.07, 6.45) is 0. The van der Waals surface area contributed by atoms with E-state index in [0.717, 1.165) is 0 Å². The van der Waals surface area contributed by atoms with Crippen molar-refractivity contribution in [1.29, 1.82) is 0 Å². The Morgan fingerprint density at radius 2 is 1.50 bits per heavy atom. The van der Waals surface area contributed by atoms with E-state index >= 15 is 0 Å². The molecular formula is C12H19FO. The van der Waals surface area contributed by atoms with E-state index in [1.165, 1.54) is 0 Å². The van der Waals surface area contributed by atoms with Crippen LogP contribution in [0.5, 0.6) is 0 Å². The van der Waals surface area contributed by atoms with Crippen LogP contribution in [0.2, 0.25) is 0 Å². The summed E-state index contributed by atoms with van der Waals surface area (Å²) in [5.41, 5.74) is 0.553. The van der Waals surface area contributed by atoms with E-state index in [1.807, 2.05) is 19.9 Å². The average Bonchev–Trinajstić information content (AvgIpc) is 2.23. The molecule has 0 saturated heterocycles. The SMILES string of the molecule is C=C(F)c1ccccc1.CC.COC. The molecule has 0 aliphatic carbocycles. The molecule has 0 aliphatic rings. The lowest BCUT2D eigenvalue weighted by molar-refractivity contribution is 0.277. The lowest BCUT2D eigenvalue weighted by Crippen LogP contribution is -1.71. The van der Waals surface area contributed by atoms with Gasteiger partial charge in [-0.3, -0.25) is 0 Å². The minimum atomic E-state index is -0.379. The first-order valence-electron chi connectivity index (χ1n) is 4.52. The van der Waals surface area contributed by atoms with Crippen molar-refractivity contribution in [3.8, 4) is 0 Å². The summed E-state index contributed by atoms with van der Waals surface area (Å²) in [5.74, 6) is -0.379. The quantitative estimate of drug-likeness (QED) is 0.664. The fourth-order valence-corrected chi connectivity index (χ4v) is 0.619. The topological polar surface area (TPSA) is 9.23 Å². The number of hydrogen-bond acceptors (Lipinski definition) is 1. The minimum Gasteiger partial charge on any atom is -0.388 e. The third-order valence-electron chi connectivity index (χ3n) is 1.09. The van der Waals surface area contributed by atoms with Crippen LogP contribution in [0.4, 0.5) is 4.39 Å². The Labute approximate surface area is 86.2 Å². The van der Waals surface area contributed by atoms with Gasteiger partial charge in [-0.1, -0.05) is 50.8 Å². The fourth-order valence-electron chi connectivity index (χ4n) is 0.619. The van der Waals surface area contributed by atoms with Crippen LogP contribution in [0.25, 0.3) is 5.83 Å². The van der Waals surface area contributed by atoms with Crippen LogP contribution in [0.1, 0.15) is 19.4 Å². The highest BCUT2D eigenvalue weighted by molar-refractivity contribution is 5.55. The number of rotatable bonds is 1. The van der Waals surface area contributed by atoms with Gasteiger partial charge in [-0.2, -0.15) is 0 Å². The smallest absolute Gasteiger partial charge is 0.123 e. The Kier molecular flexibility index (Phi) is 13.0. The Morgan fingerprint density at radius 3 is 1.71 bits per heavy atom. The van der Waals surface area contributed by atoms with Crippen LogP contribution in [0.15, 0.2) is 36.9 Å². The highest BCUT2D eigenvalue weighted by atomic mass is 19.1. The maximum atomic E-state index is 12.2. The van der Waals surface area contributed by atoms with Crippen LogP contribution in [0, 0.1) is 0 Å². The largest absolute Gasteiger partial charge is 0.388 e. The van der Waals surface area contributed by atoms with Crippen molar-refractivity contribution in [3.05, 3.63) is 42.5 Å². The zero-order chi connectivity index (χ0) is 11.4. The highest BCUT2D eigenvalue weighted by Crippen LogP contribution is 2.10. The Bertz CT molecular complexity index is 219. The predicted octanol–water partition coefficient (Wildman–Crippen LogP) is 3.92. The molecule has 0 heterocycles. The Morgan fingerprint density at radius 1 is 1.14 bits per heavy atom. The van der Waals surface area contributed by atoms with Gasteiger partial charge in [0.1, 0.15) is 5.83 Å². The van der Waals surface area contributed by atoms with Gasteiger partial charge in [0.15, 0.2) is 0 Å². The normalized spacial score (nSPS) is 7.50. The standard InChI is InChI=1S/C8H7F.C2H6O.C2H6/c1-7(9)8-5-3-2-4-6-8;1-3-2;1-2/h2-6H,1H2;1-2H3;1-2H3. The Hall–Kier alpha value is -1.15. The molecule has 1 aromatic carbocycles. The fraction of sp³-hybridized carbons (Fsp3) is 0.333. The molecule has 0 saturated carbocycles. The van der Waals surface area contributed by atoms with Crippen LogP contribution in [-0.4, -0.2) is 14.2 Å². The van der Waals surface area contributed by atoms with Gasteiger partial charge in [-0.25, -0.2) is 4.39 Å². The van der Waals surface area contributed by atoms with E-state index in [2.05, 4.69) is 11.3 Å². The first-order valence-corrected chi connectivity index (χ1v) is 4.52. The van der Waals surface area contributed by atoms with Crippen molar-refractivity contribution < 1.29 is 9.13 Å². The monoisotopic (exact) mass is 198 g/mol. The molecule has 0 N–H and O–H groups in total. The number of methoxy groups -OCH3 is 1. The molecule has 0 spiro atoms. The zero-order valence-corrected chi connectivity index (χ0v) is 9.38. The minimum absolute atomic E-state index is 0.379. The lowest BCUT2D eigenvalue weighted by Gasteiger charge is -1.90. The van der Waals surface area contributed by atoms with E-state index in [4.69, 9.17) is 0 Å². The van der Waals surface area contributed by atoms with E-state index in [1.54, 1.807) is 38.5 Å². The van der Waals surface area contributed by atoms with Crippen molar-refractivity contribution in [3.63, 3.8) is 0 Å². The van der Waals surface area contributed by atoms with Crippen LogP contribution in [0.3, 0.4) is 0 Å². The van der Waals surface area contributed by atoms with Gasteiger partial charge in [-0.05, 0) is 0 Å². The third kappa shape index (κ3) is 8.94. The lowest BCUT2D eigenvalue weighted by atomic mass is 10.2. The molecule has 0 radical (unpaired) electrons. The molecule has 2 heteroatoms. The van der Waals surface area contributed by atoms with Crippen molar-refractivity contribution in [2.24, 2.45) is 0 Å². The van der Waals surface area contributed by atoms with E-state index in [0.29, 0.717) is 5.56 Å². The first kappa shape index (κ1) is 15.3. The summed E-state index contributed by atoms with van der Waals surface area (Å²) in [4.78, 5) is 0. The van der Waals surface area contributed by atoms with Gasteiger partial charge < -0.3 is 4.74 Å². The van der Waals surface area contributed by atoms with Crippen molar-refractivity contribution in [1.82, 2.24) is 0 Å². The summed E-state index contributed by atoms with van der Waals surface area (Å²) in [7, 11) is 3.25. The second-order valence-corrected chi connectivity index (χ2v) is 2.18. The molecule has 1 aromatic rings. The molecule has 0 bridgehead atoms. The van der Waals surface area contributed by atoms with E-state index in [9.17, 15) is 4.39 Å². The number of hydrogen-bond donors (Lipinski definition) is 0. The average molecular weight is 198 g/mol. The van der Waals surface area contributed by atoms with Crippen LogP contribution >= 0.6 is 0 Å².